The second-order valence-corrected chi connectivity index (χ2v) is 5.94. The Morgan fingerprint density at radius 1 is 1.23 bits per heavy atom. The van der Waals surface area contributed by atoms with E-state index in [2.05, 4.69) is 10.6 Å². The molecule has 1 aliphatic carbocycles. The van der Waals surface area contributed by atoms with E-state index in [1.165, 1.54) is 0 Å². The molecule has 1 aromatic carbocycles. The fraction of sp³-hybridized carbons (Fsp3) is 0.529. The zero-order chi connectivity index (χ0) is 15.9. The topological polar surface area (TPSA) is 84.2 Å². The average molecular weight is 303 g/mol. The molecule has 120 valence electrons. The van der Waals surface area contributed by atoms with Gasteiger partial charge >= 0.3 is 0 Å². The minimum atomic E-state index is -0.0864. The van der Waals surface area contributed by atoms with Crippen LogP contribution < -0.4 is 16.4 Å². The lowest BCUT2D eigenvalue weighted by atomic mass is 10.00. The van der Waals surface area contributed by atoms with Crippen molar-refractivity contribution in [1.29, 1.82) is 0 Å². The molecule has 1 fully saturated rings. The molecule has 0 unspecified atom stereocenters. The van der Waals surface area contributed by atoms with Crippen molar-refractivity contribution in [1.82, 2.24) is 5.32 Å². The monoisotopic (exact) mass is 303 g/mol. The van der Waals surface area contributed by atoms with Crippen LogP contribution in [-0.4, -0.2) is 24.4 Å². The highest BCUT2D eigenvalue weighted by atomic mass is 16.2. The molecule has 1 saturated carbocycles. The van der Waals surface area contributed by atoms with E-state index >= 15 is 0 Å². The van der Waals surface area contributed by atoms with Crippen molar-refractivity contribution in [3.63, 3.8) is 0 Å². The van der Waals surface area contributed by atoms with Crippen LogP contribution >= 0.6 is 0 Å². The standard InChI is InChI=1S/C17H25N3O2/c1-2-10-19-17(22)12-6-8-14(9-7-12)20-16(21)11-13-4-3-5-15(13)18/h6-9,13,15H,2-5,10-11,18H2,1H3,(H,19,22)(H,20,21)/t13-,15+/m0/s1. The number of hydrogen-bond donors (Lipinski definition) is 3. The van der Waals surface area contributed by atoms with E-state index in [9.17, 15) is 9.59 Å². The minimum absolute atomic E-state index is 0.00876. The first kappa shape index (κ1) is 16.5. The van der Waals surface area contributed by atoms with Gasteiger partial charge in [-0.25, -0.2) is 0 Å². The van der Waals surface area contributed by atoms with Crippen molar-refractivity contribution >= 4 is 17.5 Å². The van der Waals surface area contributed by atoms with Gasteiger partial charge in [-0.3, -0.25) is 9.59 Å². The summed E-state index contributed by atoms with van der Waals surface area (Å²) in [7, 11) is 0. The number of amides is 2. The van der Waals surface area contributed by atoms with Crippen molar-refractivity contribution in [3.05, 3.63) is 29.8 Å². The Hall–Kier alpha value is -1.88. The van der Waals surface area contributed by atoms with Crippen LogP contribution in [0, 0.1) is 5.92 Å². The summed E-state index contributed by atoms with van der Waals surface area (Å²) in [4.78, 5) is 23.8. The highest BCUT2D eigenvalue weighted by Gasteiger charge is 2.25. The zero-order valence-corrected chi connectivity index (χ0v) is 13.1. The van der Waals surface area contributed by atoms with E-state index in [1.54, 1.807) is 24.3 Å². The summed E-state index contributed by atoms with van der Waals surface area (Å²) >= 11 is 0. The molecular weight excluding hydrogens is 278 g/mol. The number of carbonyl (C=O) groups excluding carboxylic acids is 2. The molecule has 2 rings (SSSR count). The second-order valence-electron chi connectivity index (χ2n) is 5.94. The summed E-state index contributed by atoms with van der Waals surface area (Å²) < 4.78 is 0. The molecule has 0 bridgehead atoms. The molecule has 5 heteroatoms. The Labute approximate surface area is 131 Å². The van der Waals surface area contributed by atoms with E-state index in [4.69, 9.17) is 5.73 Å². The fourth-order valence-corrected chi connectivity index (χ4v) is 2.81. The molecule has 4 N–H and O–H groups in total. The van der Waals surface area contributed by atoms with E-state index in [1.807, 2.05) is 6.92 Å². The molecule has 2 atom stereocenters. The van der Waals surface area contributed by atoms with Gasteiger partial charge in [0, 0.05) is 30.3 Å². The Bertz CT molecular complexity index is 513. The van der Waals surface area contributed by atoms with Crippen molar-refractivity contribution in [2.24, 2.45) is 11.7 Å². The summed E-state index contributed by atoms with van der Waals surface area (Å²) in [6, 6.07) is 7.11. The molecule has 0 radical (unpaired) electrons. The van der Waals surface area contributed by atoms with Crippen LogP contribution in [0.4, 0.5) is 5.69 Å². The summed E-state index contributed by atoms with van der Waals surface area (Å²) in [6.07, 6.45) is 4.54. The largest absolute Gasteiger partial charge is 0.352 e. The first-order valence-electron chi connectivity index (χ1n) is 8.04. The predicted octanol–water partition coefficient (Wildman–Crippen LogP) is 2.28. The van der Waals surface area contributed by atoms with Crippen LogP contribution in [-0.2, 0) is 4.79 Å². The van der Waals surface area contributed by atoms with Crippen LogP contribution in [0.3, 0.4) is 0 Å². The van der Waals surface area contributed by atoms with Gasteiger partial charge in [0.15, 0.2) is 0 Å². The van der Waals surface area contributed by atoms with E-state index in [0.717, 1.165) is 25.7 Å². The first-order chi connectivity index (χ1) is 10.6. The maximum absolute atomic E-state index is 12.0. The SMILES string of the molecule is CCCNC(=O)c1ccc(NC(=O)C[C@@H]2CCC[C@H]2N)cc1. The van der Waals surface area contributed by atoms with Gasteiger partial charge in [0.25, 0.3) is 5.91 Å². The summed E-state index contributed by atoms with van der Waals surface area (Å²) in [5.41, 5.74) is 7.30. The normalized spacial score (nSPS) is 20.6. The average Bonchev–Trinajstić information content (AvgIpc) is 2.90. The van der Waals surface area contributed by atoms with E-state index in [-0.39, 0.29) is 17.9 Å². The van der Waals surface area contributed by atoms with Crippen LogP contribution in [0.15, 0.2) is 24.3 Å². The molecule has 1 aromatic rings. The number of anilines is 1. The smallest absolute Gasteiger partial charge is 0.251 e. The summed E-state index contributed by atoms with van der Waals surface area (Å²) in [5, 5.41) is 5.69. The van der Waals surface area contributed by atoms with Gasteiger partial charge in [-0.15, -0.1) is 0 Å². The van der Waals surface area contributed by atoms with E-state index in [0.29, 0.717) is 30.1 Å². The third kappa shape index (κ3) is 4.56. The lowest BCUT2D eigenvalue weighted by molar-refractivity contribution is -0.117. The number of carbonyl (C=O) groups is 2. The lowest BCUT2D eigenvalue weighted by Crippen LogP contribution is -2.28. The summed E-state index contributed by atoms with van der Waals surface area (Å²) in [5.74, 6) is 0.196. The minimum Gasteiger partial charge on any atom is -0.352 e. The quantitative estimate of drug-likeness (QED) is 0.754. The molecule has 0 aliphatic heterocycles. The third-order valence-corrected chi connectivity index (χ3v) is 4.13. The molecule has 0 heterocycles. The van der Waals surface area contributed by atoms with E-state index < -0.39 is 0 Å². The highest BCUT2D eigenvalue weighted by Crippen LogP contribution is 2.27. The number of hydrogen-bond acceptors (Lipinski definition) is 3. The maximum atomic E-state index is 12.0. The molecule has 0 aromatic heterocycles. The van der Waals surface area contributed by atoms with Gasteiger partial charge in [-0.05, 0) is 49.4 Å². The molecular formula is C17H25N3O2. The van der Waals surface area contributed by atoms with Crippen LogP contribution in [0.1, 0.15) is 49.4 Å². The maximum Gasteiger partial charge on any atom is 0.251 e. The van der Waals surface area contributed by atoms with Crippen LogP contribution in [0.2, 0.25) is 0 Å². The number of benzene rings is 1. The van der Waals surface area contributed by atoms with Gasteiger partial charge in [-0.1, -0.05) is 13.3 Å². The Kier molecular flexibility index (Phi) is 5.95. The van der Waals surface area contributed by atoms with Crippen molar-refractivity contribution in [2.45, 2.75) is 45.1 Å². The second kappa shape index (κ2) is 7.94. The van der Waals surface area contributed by atoms with Crippen molar-refractivity contribution in [3.8, 4) is 0 Å². The van der Waals surface area contributed by atoms with Gasteiger partial charge in [0.2, 0.25) is 5.91 Å². The Balaban J connectivity index is 1.85. The molecule has 1 aliphatic rings. The fourth-order valence-electron chi connectivity index (χ4n) is 2.81. The Morgan fingerprint density at radius 3 is 2.55 bits per heavy atom. The summed E-state index contributed by atoms with van der Waals surface area (Å²) in [6.45, 7) is 2.67. The molecule has 0 saturated heterocycles. The highest BCUT2D eigenvalue weighted by molar-refractivity contribution is 5.95. The predicted molar refractivity (Wildman–Crippen MR) is 87.6 cm³/mol. The zero-order valence-electron chi connectivity index (χ0n) is 13.1. The molecule has 5 nitrogen and oxygen atoms in total. The van der Waals surface area contributed by atoms with Gasteiger partial charge < -0.3 is 16.4 Å². The van der Waals surface area contributed by atoms with Gasteiger partial charge in [-0.2, -0.15) is 0 Å². The van der Waals surface area contributed by atoms with Crippen LogP contribution in [0.5, 0.6) is 0 Å². The number of nitrogens with one attached hydrogen (secondary N) is 2. The number of nitrogens with two attached hydrogens (primary N) is 1. The third-order valence-electron chi connectivity index (χ3n) is 4.13. The van der Waals surface area contributed by atoms with Gasteiger partial charge in [0.05, 0.1) is 0 Å². The van der Waals surface area contributed by atoms with Gasteiger partial charge in [0.1, 0.15) is 0 Å². The lowest BCUT2D eigenvalue weighted by Gasteiger charge is -2.14. The van der Waals surface area contributed by atoms with Crippen molar-refractivity contribution < 1.29 is 9.59 Å². The first-order valence-corrected chi connectivity index (χ1v) is 8.04. The van der Waals surface area contributed by atoms with Crippen LogP contribution in [0.25, 0.3) is 0 Å². The molecule has 2 amide bonds. The number of rotatable bonds is 6. The molecule has 22 heavy (non-hydrogen) atoms. The van der Waals surface area contributed by atoms with Crippen molar-refractivity contribution in [2.75, 3.05) is 11.9 Å². The Morgan fingerprint density at radius 2 is 1.95 bits per heavy atom. The molecule has 0 spiro atoms.